The number of piperidine rings is 1. The number of hydrogen-bond acceptors (Lipinski definition) is 3. The van der Waals surface area contributed by atoms with Gasteiger partial charge in [-0.3, -0.25) is 0 Å². The minimum Gasteiger partial charge on any atom is -0.313 e. The van der Waals surface area contributed by atoms with Gasteiger partial charge in [0.1, 0.15) is 0 Å². The van der Waals surface area contributed by atoms with Crippen LogP contribution in [0.25, 0.3) is 0 Å². The molecular formula is C12H26N2O2S. The first-order valence-electron chi connectivity index (χ1n) is 6.71. The summed E-state index contributed by atoms with van der Waals surface area (Å²) in [5.74, 6) is 0.544. The molecule has 1 saturated heterocycles. The molecule has 0 saturated carbocycles. The van der Waals surface area contributed by atoms with Gasteiger partial charge in [0.15, 0.2) is 0 Å². The van der Waals surface area contributed by atoms with Crippen LogP contribution in [-0.2, 0) is 10.0 Å². The first-order valence-corrected chi connectivity index (χ1v) is 8.37. The summed E-state index contributed by atoms with van der Waals surface area (Å²) >= 11 is 0. The zero-order valence-corrected chi connectivity index (χ0v) is 12.0. The van der Waals surface area contributed by atoms with Gasteiger partial charge in [0.2, 0.25) is 10.0 Å². The van der Waals surface area contributed by atoms with E-state index in [1.165, 1.54) is 0 Å². The van der Waals surface area contributed by atoms with Crippen molar-refractivity contribution in [3.05, 3.63) is 0 Å². The normalized spacial score (nSPS) is 26.4. The lowest BCUT2D eigenvalue weighted by molar-refractivity contribution is 0.347. The zero-order chi connectivity index (χ0) is 12.9. The maximum Gasteiger partial charge on any atom is 0.212 e. The van der Waals surface area contributed by atoms with Crippen LogP contribution in [0.1, 0.15) is 46.5 Å². The second kappa shape index (κ2) is 6.71. The van der Waals surface area contributed by atoms with Crippen molar-refractivity contribution in [2.75, 3.05) is 12.3 Å². The summed E-state index contributed by atoms with van der Waals surface area (Å²) in [6.45, 7) is 7.14. The lowest BCUT2D eigenvalue weighted by Crippen LogP contribution is -2.52. The van der Waals surface area contributed by atoms with Crippen LogP contribution in [0.5, 0.6) is 0 Å². The molecule has 102 valence electrons. The van der Waals surface area contributed by atoms with E-state index in [1.54, 1.807) is 0 Å². The van der Waals surface area contributed by atoms with Crippen LogP contribution in [0.2, 0.25) is 0 Å². The first kappa shape index (κ1) is 14.9. The van der Waals surface area contributed by atoms with Gasteiger partial charge >= 0.3 is 0 Å². The first-order chi connectivity index (χ1) is 7.98. The molecule has 0 aromatic rings. The Morgan fingerprint density at radius 2 is 2.00 bits per heavy atom. The van der Waals surface area contributed by atoms with Crippen LogP contribution in [-0.4, -0.2) is 32.8 Å². The van der Waals surface area contributed by atoms with Crippen LogP contribution in [0.15, 0.2) is 0 Å². The van der Waals surface area contributed by atoms with Gasteiger partial charge in [-0.2, -0.15) is 0 Å². The van der Waals surface area contributed by atoms with Crippen molar-refractivity contribution in [2.24, 2.45) is 5.92 Å². The summed E-state index contributed by atoms with van der Waals surface area (Å²) in [7, 11) is -3.13. The molecule has 0 amide bonds. The highest BCUT2D eigenvalue weighted by Crippen LogP contribution is 2.13. The van der Waals surface area contributed by atoms with Crippen LogP contribution in [0.3, 0.4) is 0 Å². The molecule has 4 nitrogen and oxygen atoms in total. The van der Waals surface area contributed by atoms with Gasteiger partial charge in [0, 0.05) is 12.1 Å². The number of nitrogens with one attached hydrogen (secondary N) is 2. The Kier molecular flexibility index (Phi) is 5.89. The summed E-state index contributed by atoms with van der Waals surface area (Å²) in [6.07, 6.45) is 3.84. The third kappa shape index (κ3) is 4.94. The zero-order valence-electron chi connectivity index (χ0n) is 11.2. The molecule has 0 aromatic carbocycles. The molecule has 2 atom stereocenters. The van der Waals surface area contributed by atoms with Crippen molar-refractivity contribution < 1.29 is 8.42 Å². The Balaban J connectivity index is 2.53. The summed E-state index contributed by atoms with van der Waals surface area (Å²) in [5.41, 5.74) is 0. The van der Waals surface area contributed by atoms with E-state index in [9.17, 15) is 8.42 Å². The Hall–Kier alpha value is -0.130. The summed E-state index contributed by atoms with van der Waals surface area (Å²) in [6, 6.07) is 0.295. The molecule has 1 fully saturated rings. The van der Waals surface area contributed by atoms with Gasteiger partial charge in [-0.15, -0.1) is 0 Å². The molecule has 17 heavy (non-hydrogen) atoms. The van der Waals surface area contributed by atoms with Crippen LogP contribution in [0, 0.1) is 5.92 Å². The molecule has 2 N–H and O–H groups in total. The predicted octanol–water partition coefficient (Wildman–Crippen LogP) is 1.48. The minimum absolute atomic E-state index is 0.0584. The average Bonchev–Trinajstić information content (AvgIpc) is 2.29. The highest BCUT2D eigenvalue weighted by molar-refractivity contribution is 7.89. The van der Waals surface area contributed by atoms with Crippen molar-refractivity contribution in [1.29, 1.82) is 0 Å². The Morgan fingerprint density at radius 1 is 1.35 bits per heavy atom. The van der Waals surface area contributed by atoms with Gasteiger partial charge in [-0.1, -0.05) is 26.7 Å². The molecule has 0 aromatic heterocycles. The standard InChI is InChI=1S/C12H26N2O2S/c1-4-11(5-2)9-17(15,16)14-12-7-6-8-13-10(12)3/h10-14H,4-9H2,1-3H3. The largest absolute Gasteiger partial charge is 0.313 e. The Labute approximate surface area is 106 Å². The van der Waals surface area contributed by atoms with Crippen LogP contribution < -0.4 is 10.0 Å². The molecule has 1 heterocycles. The molecule has 2 unspecified atom stereocenters. The average molecular weight is 262 g/mol. The lowest BCUT2D eigenvalue weighted by Gasteiger charge is -2.30. The third-order valence-electron chi connectivity index (χ3n) is 3.70. The van der Waals surface area contributed by atoms with Crippen molar-refractivity contribution >= 4 is 10.0 Å². The quantitative estimate of drug-likeness (QED) is 0.762. The molecule has 0 radical (unpaired) electrons. The van der Waals surface area contributed by atoms with Gasteiger partial charge in [-0.05, 0) is 32.2 Å². The molecule has 1 rings (SSSR count). The highest BCUT2D eigenvalue weighted by Gasteiger charge is 2.26. The van der Waals surface area contributed by atoms with Crippen molar-refractivity contribution in [3.63, 3.8) is 0 Å². The lowest BCUT2D eigenvalue weighted by atomic mass is 10.0. The maximum absolute atomic E-state index is 12.0. The summed E-state index contributed by atoms with van der Waals surface area (Å²) < 4.78 is 26.9. The van der Waals surface area contributed by atoms with Crippen LogP contribution >= 0.6 is 0 Å². The fourth-order valence-electron chi connectivity index (χ4n) is 2.32. The molecule has 5 heteroatoms. The summed E-state index contributed by atoms with van der Waals surface area (Å²) in [4.78, 5) is 0. The fraction of sp³-hybridized carbons (Fsp3) is 1.00. The van der Waals surface area contributed by atoms with Crippen LogP contribution in [0.4, 0.5) is 0 Å². The van der Waals surface area contributed by atoms with Gasteiger partial charge in [0.25, 0.3) is 0 Å². The van der Waals surface area contributed by atoms with E-state index < -0.39 is 10.0 Å². The van der Waals surface area contributed by atoms with E-state index in [1.807, 2.05) is 6.92 Å². The van der Waals surface area contributed by atoms with Gasteiger partial charge < -0.3 is 5.32 Å². The monoisotopic (exact) mass is 262 g/mol. The molecular weight excluding hydrogens is 236 g/mol. The number of sulfonamides is 1. The molecule has 1 aliphatic heterocycles. The Morgan fingerprint density at radius 3 is 2.53 bits per heavy atom. The predicted molar refractivity (Wildman–Crippen MR) is 71.5 cm³/mol. The van der Waals surface area contributed by atoms with E-state index in [0.717, 1.165) is 32.2 Å². The molecule has 0 bridgehead atoms. The second-order valence-electron chi connectivity index (χ2n) is 5.07. The molecule has 0 aliphatic carbocycles. The van der Waals surface area contributed by atoms with E-state index in [-0.39, 0.29) is 23.8 Å². The van der Waals surface area contributed by atoms with E-state index in [0.29, 0.717) is 0 Å². The maximum atomic E-state index is 12.0. The smallest absolute Gasteiger partial charge is 0.212 e. The van der Waals surface area contributed by atoms with Gasteiger partial charge in [-0.25, -0.2) is 13.1 Å². The number of rotatable bonds is 6. The topological polar surface area (TPSA) is 58.2 Å². The van der Waals surface area contributed by atoms with Crippen molar-refractivity contribution in [1.82, 2.24) is 10.0 Å². The van der Waals surface area contributed by atoms with Gasteiger partial charge in [0.05, 0.1) is 5.75 Å². The number of hydrogen-bond donors (Lipinski definition) is 2. The van der Waals surface area contributed by atoms with Crippen molar-refractivity contribution in [3.8, 4) is 0 Å². The van der Waals surface area contributed by atoms with Crippen molar-refractivity contribution in [2.45, 2.75) is 58.5 Å². The van der Waals surface area contributed by atoms with E-state index in [2.05, 4.69) is 23.9 Å². The third-order valence-corrected chi connectivity index (χ3v) is 5.27. The molecule has 1 aliphatic rings. The molecule has 0 spiro atoms. The second-order valence-corrected chi connectivity index (χ2v) is 6.87. The minimum atomic E-state index is -3.13. The fourth-order valence-corrected chi connectivity index (χ4v) is 4.29. The van der Waals surface area contributed by atoms with E-state index in [4.69, 9.17) is 0 Å². The van der Waals surface area contributed by atoms with E-state index >= 15 is 0 Å². The SMILES string of the molecule is CCC(CC)CS(=O)(=O)NC1CCCNC1C. The Bertz CT molecular complexity index is 312. The highest BCUT2D eigenvalue weighted by atomic mass is 32.2. The summed E-state index contributed by atoms with van der Waals surface area (Å²) in [5, 5.41) is 3.31.